The number of imide groups is 1. The number of halogens is 1. The van der Waals surface area contributed by atoms with Crippen LogP contribution in [0.2, 0.25) is 5.02 Å². The number of unbranched alkanes of at least 4 members (excludes halogenated alkanes) is 1. The summed E-state index contributed by atoms with van der Waals surface area (Å²) in [5, 5.41) is 5.72. The monoisotopic (exact) mass is 409 g/mol. The molecule has 1 atom stereocenters. The summed E-state index contributed by atoms with van der Waals surface area (Å²) in [6.45, 7) is 2.76. The highest BCUT2D eigenvalue weighted by Gasteiger charge is 2.47. The number of nitrogens with one attached hydrogen (secondary N) is 2. The second-order valence-electron chi connectivity index (χ2n) is 6.79. The molecule has 28 heavy (non-hydrogen) atoms. The van der Waals surface area contributed by atoms with Crippen molar-refractivity contribution in [3.63, 3.8) is 0 Å². The van der Waals surface area contributed by atoms with Crippen LogP contribution in [-0.4, -0.2) is 47.4 Å². The van der Waals surface area contributed by atoms with Gasteiger partial charge >= 0.3 is 12.0 Å². The average Bonchev–Trinajstić information content (AvgIpc) is 2.87. The van der Waals surface area contributed by atoms with Crippen molar-refractivity contribution in [2.45, 2.75) is 45.2 Å². The predicted octanol–water partition coefficient (Wildman–Crippen LogP) is 2.00. The molecule has 1 saturated heterocycles. The van der Waals surface area contributed by atoms with Gasteiger partial charge in [-0.25, -0.2) is 4.79 Å². The van der Waals surface area contributed by atoms with Crippen LogP contribution in [0.4, 0.5) is 4.79 Å². The lowest BCUT2D eigenvalue weighted by atomic mass is 9.95. The van der Waals surface area contributed by atoms with Gasteiger partial charge in [0.1, 0.15) is 12.1 Å². The Morgan fingerprint density at radius 3 is 2.68 bits per heavy atom. The third-order valence-corrected chi connectivity index (χ3v) is 4.83. The smallest absolute Gasteiger partial charge is 0.326 e. The number of rotatable bonds is 9. The standard InChI is InChI=1S/C19H24ClN3O5/c1-3-4-9-19(2)17(26)23(18(27)22-19)11-16(25)28-12-15(24)21-10-13-7-5-6-8-14(13)20/h5-8H,3-4,9-12H2,1-2H3,(H,21,24)(H,22,27)/t19-/m0/s1. The van der Waals surface area contributed by atoms with E-state index in [1.54, 1.807) is 31.2 Å². The van der Waals surface area contributed by atoms with E-state index in [-0.39, 0.29) is 6.54 Å². The Hall–Kier alpha value is -2.61. The Morgan fingerprint density at radius 2 is 2.00 bits per heavy atom. The Kier molecular flexibility index (Phi) is 7.39. The van der Waals surface area contributed by atoms with E-state index < -0.39 is 42.5 Å². The van der Waals surface area contributed by atoms with Gasteiger partial charge < -0.3 is 15.4 Å². The molecule has 1 aliphatic heterocycles. The van der Waals surface area contributed by atoms with E-state index in [1.165, 1.54) is 0 Å². The van der Waals surface area contributed by atoms with Crippen LogP contribution in [0.5, 0.6) is 0 Å². The molecule has 4 amide bonds. The van der Waals surface area contributed by atoms with E-state index in [4.69, 9.17) is 16.3 Å². The maximum atomic E-state index is 12.5. The van der Waals surface area contributed by atoms with E-state index in [9.17, 15) is 19.2 Å². The summed E-state index contributed by atoms with van der Waals surface area (Å²) >= 11 is 6.00. The SMILES string of the molecule is CCCC[C@]1(C)NC(=O)N(CC(=O)OCC(=O)NCc2ccccc2Cl)C1=O. The lowest BCUT2D eigenvalue weighted by Gasteiger charge is -2.21. The first-order chi connectivity index (χ1) is 13.3. The van der Waals surface area contributed by atoms with Crippen molar-refractivity contribution in [2.24, 2.45) is 0 Å². The maximum Gasteiger partial charge on any atom is 0.326 e. The molecule has 0 aromatic heterocycles. The number of ether oxygens (including phenoxy) is 1. The van der Waals surface area contributed by atoms with E-state index in [0.29, 0.717) is 11.4 Å². The number of carbonyl (C=O) groups is 4. The quantitative estimate of drug-likeness (QED) is 0.479. The first-order valence-electron chi connectivity index (χ1n) is 9.06. The number of urea groups is 1. The molecular formula is C19H24ClN3O5. The van der Waals surface area contributed by atoms with Crippen molar-refractivity contribution >= 4 is 35.4 Å². The fourth-order valence-electron chi connectivity index (χ4n) is 2.80. The molecule has 1 aliphatic rings. The minimum absolute atomic E-state index is 0.193. The van der Waals surface area contributed by atoms with Gasteiger partial charge in [0, 0.05) is 11.6 Å². The van der Waals surface area contributed by atoms with Gasteiger partial charge in [0.15, 0.2) is 6.61 Å². The number of hydrogen-bond acceptors (Lipinski definition) is 5. The van der Waals surface area contributed by atoms with Crippen LogP contribution in [0.3, 0.4) is 0 Å². The molecule has 1 aromatic rings. The van der Waals surface area contributed by atoms with Gasteiger partial charge in [0.25, 0.3) is 11.8 Å². The topological polar surface area (TPSA) is 105 Å². The van der Waals surface area contributed by atoms with Gasteiger partial charge in [0.05, 0.1) is 0 Å². The molecule has 8 nitrogen and oxygen atoms in total. The summed E-state index contributed by atoms with van der Waals surface area (Å²) in [5.41, 5.74) is -0.283. The zero-order valence-electron chi connectivity index (χ0n) is 15.9. The molecule has 9 heteroatoms. The lowest BCUT2D eigenvalue weighted by Crippen LogP contribution is -2.44. The van der Waals surface area contributed by atoms with Gasteiger partial charge in [0.2, 0.25) is 0 Å². The van der Waals surface area contributed by atoms with Crippen LogP contribution in [0, 0.1) is 0 Å². The second kappa shape index (κ2) is 9.54. The molecule has 152 valence electrons. The van der Waals surface area contributed by atoms with Gasteiger partial charge in [-0.2, -0.15) is 0 Å². The number of carbonyl (C=O) groups excluding carboxylic acids is 4. The largest absolute Gasteiger partial charge is 0.454 e. The zero-order chi connectivity index (χ0) is 20.7. The van der Waals surface area contributed by atoms with Crippen LogP contribution in [0.25, 0.3) is 0 Å². The van der Waals surface area contributed by atoms with Gasteiger partial charge in [-0.1, -0.05) is 49.6 Å². The molecule has 1 aromatic carbocycles. The third-order valence-electron chi connectivity index (χ3n) is 4.46. The van der Waals surface area contributed by atoms with Crippen molar-refractivity contribution in [3.8, 4) is 0 Å². The van der Waals surface area contributed by atoms with Crippen molar-refractivity contribution < 1.29 is 23.9 Å². The zero-order valence-corrected chi connectivity index (χ0v) is 16.7. The minimum atomic E-state index is -1.01. The summed E-state index contributed by atoms with van der Waals surface area (Å²) in [6.07, 6.45) is 2.14. The molecular weight excluding hydrogens is 386 g/mol. The van der Waals surface area contributed by atoms with Crippen LogP contribution < -0.4 is 10.6 Å². The fraction of sp³-hybridized carbons (Fsp3) is 0.474. The lowest BCUT2D eigenvalue weighted by molar-refractivity contribution is -0.151. The summed E-state index contributed by atoms with van der Waals surface area (Å²) in [5.74, 6) is -1.82. The molecule has 2 N–H and O–H groups in total. The van der Waals surface area contributed by atoms with Crippen LogP contribution in [0.15, 0.2) is 24.3 Å². The fourth-order valence-corrected chi connectivity index (χ4v) is 3.00. The number of esters is 1. The van der Waals surface area contributed by atoms with Crippen LogP contribution in [0.1, 0.15) is 38.7 Å². The van der Waals surface area contributed by atoms with Crippen molar-refractivity contribution in [1.82, 2.24) is 15.5 Å². The van der Waals surface area contributed by atoms with E-state index in [2.05, 4.69) is 10.6 Å². The highest BCUT2D eigenvalue weighted by atomic mass is 35.5. The van der Waals surface area contributed by atoms with Crippen LogP contribution in [-0.2, 0) is 25.7 Å². The average molecular weight is 410 g/mol. The Balaban J connectivity index is 1.79. The summed E-state index contributed by atoms with van der Waals surface area (Å²) < 4.78 is 4.87. The van der Waals surface area contributed by atoms with Crippen molar-refractivity contribution in [2.75, 3.05) is 13.2 Å². The number of benzene rings is 1. The minimum Gasteiger partial charge on any atom is -0.454 e. The third kappa shape index (κ3) is 5.45. The molecule has 1 heterocycles. The first-order valence-corrected chi connectivity index (χ1v) is 9.44. The number of amides is 4. The molecule has 0 aliphatic carbocycles. The Bertz CT molecular complexity index is 770. The summed E-state index contributed by atoms with van der Waals surface area (Å²) in [4.78, 5) is 49.1. The molecule has 2 rings (SSSR count). The highest BCUT2D eigenvalue weighted by Crippen LogP contribution is 2.23. The second-order valence-corrected chi connectivity index (χ2v) is 7.19. The highest BCUT2D eigenvalue weighted by molar-refractivity contribution is 6.31. The van der Waals surface area contributed by atoms with Crippen molar-refractivity contribution in [1.29, 1.82) is 0 Å². The molecule has 0 spiro atoms. The summed E-state index contributed by atoms with van der Waals surface area (Å²) in [7, 11) is 0. The molecule has 0 radical (unpaired) electrons. The molecule has 0 unspecified atom stereocenters. The predicted molar refractivity (Wildman–Crippen MR) is 102 cm³/mol. The Labute approximate surface area is 168 Å². The molecule has 0 bridgehead atoms. The first kappa shape index (κ1) is 21.7. The maximum absolute atomic E-state index is 12.5. The van der Waals surface area contributed by atoms with Gasteiger partial charge in [-0.3, -0.25) is 19.3 Å². The number of nitrogens with zero attached hydrogens (tertiary/aromatic N) is 1. The Morgan fingerprint density at radius 1 is 1.29 bits per heavy atom. The van der Waals surface area contributed by atoms with E-state index in [1.807, 2.05) is 6.92 Å². The van der Waals surface area contributed by atoms with Gasteiger partial charge in [-0.05, 0) is 25.0 Å². The van der Waals surface area contributed by atoms with E-state index >= 15 is 0 Å². The normalized spacial score (nSPS) is 18.8. The number of hydrogen-bond donors (Lipinski definition) is 2. The summed E-state index contributed by atoms with van der Waals surface area (Å²) in [6, 6.07) is 6.40. The van der Waals surface area contributed by atoms with Crippen LogP contribution >= 0.6 is 11.6 Å². The molecule has 1 fully saturated rings. The van der Waals surface area contributed by atoms with Crippen molar-refractivity contribution in [3.05, 3.63) is 34.9 Å². The van der Waals surface area contributed by atoms with E-state index in [0.717, 1.165) is 23.3 Å². The molecule has 0 saturated carbocycles. The van der Waals surface area contributed by atoms with Gasteiger partial charge in [-0.15, -0.1) is 0 Å².